The van der Waals surface area contributed by atoms with Gasteiger partial charge in [-0.2, -0.15) is 5.10 Å². The first-order valence-electron chi connectivity index (χ1n) is 12.5. The molecule has 11 heteroatoms. The number of hydrogen-bond acceptors (Lipinski definition) is 7. The van der Waals surface area contributed by atoms with Crippen LogP contribution in [0.25, 0.3) is 27.5 Å². The summed E-state index contributed by atoms with van der Waals surface area (Å²) in [4.78, 5) is 36.8. The monoisotopic (exact) mass is 592 g/mol. The van der Waals surface area contributed by atoms with Gasteiger partial charge in [0.2, 0.25) is 0 Å². The minimum absolute atomic E-state index is 0.0544. The van der Waals surface area contributed by atoms with E-state index < -0.39 is 6.09 Å². The van der Waals surface area contributed by atoms with E-state index in [9.17, 15) is 9.59 Å². The van der Waals surface area contributed by atoms with Crippen LogP contribution in [-0.4, -0.2) is 56.8 Å². The van der Waals surface area contributed by atoms with Gasteiger partial charge in [0.25, 0.3) is 5.91 Å². The summed E-state index contributed by atoms with van der Waals surface area (Å²) in [6.07, 6.45) is 7.74. The maximum absolute atomic E-state index is 13.1. The van der Waals surface area contributed by atoms with E-state index in [-0.39, 0.29) is 5.91 Å². The van der Waals surface area contributed by atoms with Crippen LogP contribution in [0.5, 0.6) is 0 Å². The number of aromatic nitrogens is 4. The Kier molecular flexibility index (Phi) is 6.71. The number of rotatable bonds is 4. The molecule has 4 heterocycles. The molecule has 3 aromatic heterocycles. The lowest BCUT2D eigenvalue weighted by molar-refractivity contribution is 0.0724. The van der Waals surface area contributed by atoms with Crippen molar-refractivity contribution in [2.75, 3.05) is 25.5 Å². The second-order valence-electron chi connectivity index (χ2n) is 9.26. The minimum Gasteiger partial charge on any atom is -0.453 e. The maximum atomic E-state index is 13.1. The molecule has 2 amide bonds. The van der Waals surface area contributed by atoms with Crippen molar-refractivity contribution < 1.29 is 14.3 Å². The highest BCUT2D eigenvalue weighted by atomic mass is 79.9. The fourth-order valence-corrected chi connectivity index (χ4v) is 6.66. The molecule has 0 atom stereocenters. The molecule has 1 saturated heterocycles. The largest absolute Gasteiger partial charge is 0.453 e. The lowest BCUT2D eigenvalue weighted by Crippen LogP contribution is -2.35. The predicted molar refractivity (Wildman–Crippen MR) is 149 cm³/mol. The Balaban J connectivity index is 1.46. The molecule has 0 radical (unpaired) electrons. The number of ether oxygens (including phenoxy) is 1. The van der Waals surface area contributed by atoms with Gasteiger partial charge in [0.05, 0.1) is 34.8 Å². The Morgan fingerprint density at radius 2 is 1.97 bits per heavy atom. The molecule has 1 fully saturated rings. The minimum atomic E-state index is -0.558. The van der Waals surface area contributed by atoms with Crippen molar-refractivity contribution in [2.24, 2.45) is 0 Å². The zero-order chi connectivity index (χ0) is 26.2. The van der Waals surface area contributed by atoms with E-state index in [1.54, 1.807) is 6.20 Å². The lowest BCUT2D eigenvalue weighted by Gasteiger charge is -2.27. The molecular weight excluding hydrogens is 568 g/mol. The van der Waals surface area contributed by atoms with Crippen molar-refractivity contribution in [3.05, 3.63) is 64.0 Å². The van der Waals surface area contributed by atoms with E-state index in [4.69, 9.17) is 9.84 Å². The number of hydrogen-bond donors (Lipinski definition) is 1. The number of aryl methyl sites for hydroxylation is 1. The van der Waals surface area contributed by atoms with Crippen molar-refractivity contribution in [3.8, 4) is 27.5 Å². The van der Waals surface area contributed by atoms with Crippen LogP contribution in [0.4, 0.5) is 9.93 Å². The number of amides is 2. The van der Waals surface area contributed by atoms with Crippen molar-refractivity contribution >= 4 is 44.4 Å². The molecule has 2 aliphatic rings. The van der Waals surface area contributed by atoms with E-state index in [2.05, 4.69) is 31.2 Å². The Morgan fingerprint density at radius 1 is 1.13 bits per heavy atom. The Labute approximate surface area is 232 Å². The molecule has 1 aliphatic carbocycles. The van der Waals surface area contributed by atoms with Crippen molar-refractivity contribution in [2.45, 2.75) is 32.1 Å². The highest BCUT2D eigenvalue weighted by Crippen LogP contribution is 2.44. The van der Waals surface area contributed by atoms with Gasteiger partial charge in [0, 0.05) is 46.6 Å². The summed E-state index contributed by atoms with van der Waals surface area (Å²) in [6, 6.07) is 9.59. The molecule has 194 valence electrons. The number of fused-ring (bicyclic) bond motifs is 3. The number of nitrogens with zero attached hydrogens (tertiary/aromatic N) is 5. The van der Waals surface area contributed by atoms with Gasteiger partial charge in [0.15, 0.2) is 5.13 Å². The molecule has 0 unspecified atom stereocenters. The second kappa shape index (κ2) is 10.3. The third-order valence-corrected chi connectivity index (χ3v) is 8.56. The number of piperidine rings is 1. The maximum Gasteiger partial charge on any atom is 0.413 e. The van der Waals surface area contributed by atoms with E-state index in [1.165, 1.54) is 24.9 Å². The number of carbonyl (C=O) groups is 2. The second-order valence-corrected chi connectivity index (χ2v) is 11.1. The van der Waals surface area contributed by atoms with Gasteiger partial charge in [-0.1, -0.05) is 11.3 Å². The molecule has 0 bridgehead atoms. The summed E-state index contributed by atoms with van der Waals surface area (Å²) in [5, 5.41) is 8.23. The molecular formula is C27H25BrN6O3S. The first kappa shape index (κ1) is 24.7. The zero-order valence-corrected chi connectivity index (χ0v) is 23.1. The molecule has 1 N–H and O–H groups in total. The van der Waals surface area contributed by atoms with Gasteiger partial charge in [-0.15, -0.1) is 0 Å². The molecule has 38 heavy (non-hydrogen) atoms. The van der Waals surface area contributed by atoms with Crippen LogP contribution < -0.4 is 5.32 Å². The number of thiazole rings is 1. The van der Waals surface area contributed by atoms with Crippen LogP contribution in [0.3, 0.4) is 0 Å². The number of carbonyl (C=O) groups excluding carboxylic acids is 2. The van der Waals surface area contributed by atoms with Gasteiger partial charge < -0.3 is 9.64 Å². The average Bonchev–Trinajstić information content (AvgIpc) is 3.54. The average molecular weight is 594 g/mol. The third-order valence-electron chi connectivity index (χ3n) is 6.90. The number of likely N-dealkylation sites (tertiary alicyclic amines) is 1. The van der Waals surface area contributed by atoms with Gasteiger partial charge >= 0.3 is 6.09 Å². The number of halogens is 1. The van der Waals surface area contributed by atoms with Crippen LogP contribution in [0.15, 0.2) is 47.2 Å². The molecule has 1 aromatic carbocycles. The smallest absolute Gasteiger partial charge is 0.413 e. The van der Waals surface area contributed by atoms with Crippen LogP contribution >= 0.6 is 27.3 Å². The highest BCUT2D eigenvalue weighted by Gasteiger charge is 2.31. The van der Waals surface area contributed by atoms with Crippen LogP contribution in [-0.2, 0) is 17.6 Å². The number of nitrogens with one attached hydrogen (secondary N) is 1. The fraction of sp³-hybridized carbons (Fsp3) is 0.296. The first-order chi connectivity index (χ1) is 18.5. The van der Waals surface area contributed by atoms with Crippen molar-refractivity contribution in [1.29, 1.82) is 0 Å². The zero-order valence-electron chi connectivity index (χ0n) is 20.7. The summed E-state index contributed by atoms with van der Waals surface area (Å²) in [5.74, 6) is 0.0544. The van der Waals surface area contributed by atoms with Gasteiger partial charge in [-0.05, 0) is 78.4 Å². The molecule has 0 saturated carbocycles. The summed E-state index contributed by atoms with van der Waals surface area (Å²) in [6.45, 7) is 1.60. The quantitative estimate of drug-likeness (QED) is 0.325. The van der Waals surface area contributed by atoms with E-state index in [0.29, 0.717) is 10.7 Å². The summed E-state index contributed by atoms with van der Waals surface area (Å²) in [7, 11) is 1.33. The van der Waals surface area contributed by atoms with Crippen LogP contribution in [0.2, 0.25) is 0 Å². The molecule has 4 aromatic rings. The van der Waals surface area contributed by atoms with Crippen molar-refractivity contribution in [3.63, 3.8) is 0 Å². The van der Waals surface area contributed by atoms with Crippen molar-refractivity contribution in [1.82, 2.24) is 24.6 Å². The van der Waals surface area contributed by atoms with E-state index >= 15 is 0 Å². The fourth-order valence-electron chi connectivity index (χ4n) is 5.06. The Hall–Kier alpha value is -3.57. The number of pyridine rings is 1. The van der Waals surface area contributed by atoms with Crippen LogP contribution in [0.1, 0.15) is 40.9 Å². The molecule has 6 rings (SSSR count). The number of benzene rings is 1. The molecule has 1 aliphatic heterocycles. The number of methoxy groups -OCH3 is 1. The first-order valence-corrected chi connectivity index (χ1v) is 14.1. The van der Waals surface area contributed by atoms with Gasteiger partial charge in [-0.25, -0.2) is 14.5 Å². The standard InChI is InChI=1S/C27H25BrN6O3S/c1-37-27(36)31-26-30-20-9-8-18-22(17-6-5-11-29-15-17)32-34(23(18)24(20)38-26)21-10-7-16(14-19(21)28)25(35)33-12-3-2-4-13-33/h5-7,10-11,14-15H,2-4,8-9,12-13H2,1H3,(H,30,31,36). The molecule has 0 spiro atoms. The normalized spacial score (nSPS) is 14.5. The van der Waals surface area contributed by atoms with Gasteiger partial charge in [0.1, 0.15) is 0 Å². The highest BCUT2D eigenvalue weighted by molar-refractivity contribution is 9.10. The third kappa shape index (κ3) is 4.49. The topological polar surface area (TPSA) is 102 Å². The Morgan fingerprint density at radius 3 is 2.71 bits per heavy atom. The lowest BCUT2D eigenvalue weighted by atomic mass is 9.95. The number of anilines is 1. The Bertz CT molecular complexity index is 1530. The molecule has 9 nitrogen and oxygen atoms in total. The van der Waals surface area contributed by atoms with E-state index in [1.807, 2.05) is 46.1 Å². The van der Waals surface area contributed by atoms with Crippen LogP contribution in [0, 0.1) is 0 Å². The SMILES string of the molecule is COC(=O)Nc1nc2c(s1)-c1c(c(-c3cccnc3)nn1-c1ccc(C(=O)N3CCCCC3)cc1Br)CC2. The van der Waals surface area contributed by atoms with E-state index in [0.717, 1.165) is 82.0 Å². The summed E-state index contributed by atoms with van der Waals surface area (Å²) >= 11 is 5.12. The summed E-state index contributed by atoms with van der Waals surface area (Å²) < 4.78 is 7.44. The predicted octanol–water partition coefficient (Wildman–Crippen LogP) is 5.72. The van der Waals surface area contributed by atoms with Gasteiger partial charge in [-0.3, -0.25) is 15.1 Å². The summed E-state index contributed by atoms with van der Waals surface area (Å²) in [5.41, 5.74) is 6.18.